The van der Waals surface area contributed by atoms with Gasteiger partial charge in [0.05, 0.1) is 0 Å². The Morgan fingerprint density at radius 1 is 1.04 bits per heavy atom. The highest BCUT2D eigenvalue weighted by Crippen LogP contribution is 2.27. The van der Waals surface area contributed by atoms with E-state index in [-0.39, 0.29) is 11.8 Å². The van der Waals surface area contributed by atoms with E-state index >= 15 is 0 Å². The number of anilines is 1. The summed E-state index contributed by atoms with van der Waals surface area (Å²) in [6.45, 7) is 2.11. The lowest BCUT2D eigenvalue weighted by molar-refractivity contribution is -0.142. The Balaban J connectivity index is 1.54. The SMILES string of the molecule is O=C(NCc1cccc2c1CCCN2)C(c1ccccc1)N1CCCCC1=O. The van der Waals surface area contributed by atoms with Crippen molar-refractivity contribution in [1.82, 2.24) is 10.2 Å². The van der Waals surface area contributed by atoms with Crippen LogP contribution >= 0.6 is 0 Å². The molecular formula is C23H27N3O2. The van der Waals surface area contributed by atoms with Crippen molar-refractivity contribution in [3.63, 3.8) is 0 Å². The van der Waals surface area contributed by atoms with Crippen molar-refractivity contribution in [3.8, 4) is 0 Å². The van der Waals surface area contributed by atoms with Crippen LogP contribution in [0.4, 0.5) is 5.69 Å². The summed E-state index contributed by atoms with van der Waals surface area (Å²) in [6, 6.07) is 15.3. The quantitative estimate of drug-likeness (QED) is 0.839. The molecule has 0 aromatic heterocycles. The number of fused-ring (bicyclic) bond motifs is 1. The second-order valence-corrected chi connectivity index (χ2v) is 7.55. The van der Waals surface area contributed by atoms with Crippen molar-refractivity contribution in [1.29, 1.82) is 0 Å². The number of piperidine rings is 1. The minimum atomic E-state index is -0.563. The summed E-state index contributed by atoms with van der Waals surface area (Å²) in [6.07, 6.45) is 4.50. The minimum Gasteiger partial charge on any atom is -0.385 e. The van der Waals surface area contributed by atoms with E-state index in [9.17, 15) is 9.59 Å². The zero-order chi connectivity index (χ0) is 19.3. The van der Waals surface area contributed by atoms with E-state index in [1.807, 2.05) is 36.4 Å². The van der Waals surface area contributed by atoms with Crippen molar-refractivity contribution < 1.29 is 9.59 Å². The van der Waals surface area contributed by atoms with Crippen LogP contribution < -0.4 is 10.6 Å². The molecule has 1 saturated heterocycles. The van der Waals surface area contributed by atoms with Gasteiger partial charge in [-0.05, 0) is 48.4 Å². The molecular weight excluding hydrogens is 350 g/mol. The van der Waals surface area contributed by atoms with Gasteiger partial charge < -0.3 is 15.5 Å². The smallest absolute Gasteiger partial charge is 0.247 e. The molecule has 0 spiro atoms. The average molecular weight is 377 g/mol. The lowest BCUT2D eigenvalue weighted by atomic mass is 9.97. The van der Waals surface area contributed by atoms with Gasteiger partial charge in [0.1, 0.15) is 6.04 Å². The Bertz CT molecular complexity index is 850. The molecule has 5 nitrogen and oxygen atoms in total. The summed E-state index contributed by atoms with van der Waals surface area (Å²) in [7, 11) is 0. The first kappa shape index (κ1) is 18.5. The van der Waals surface area contributed by atoms with Crippen molar-refractivity contribution >= 4 is 17.5 Å². The van der Waals surface area contributed by atoms with Crippen molar-refractivity contribution in [2.24, 2.45) is 0 Å². The number of carbonyl (C=O) groups is 2. The van der Waals surface area contributed by atoms with Gasteiger partial charge >= 0.3 is 0 Å². The van der Waals surface area contributed by atoms with Crippen LogP contribution in [-0.2, 0) is 22.6 Å². The minimum absolute atomic E-state index is 0.0662. The zero-order valence-electron chi connectivity index (χ0n) is 16.1. The molecule has 2 aliphatic rings. The molecule has 0 bridgehead atoms. The highest BCUT2D eigenvalue weighted by atomic mass is 16.2. The van der Waals surface area contributed by atoms with Crippen LogP contribution in [0.3, 0.4) is 0 Å². The molecule has 146 valence electrons. The third kappa shape index (κ3) is 3.88. The third-order valence-corrected chi connectivity index (χ3v) is 5.68. The van der Waals surface area contributed by atoms with Crippen LogP contribution in [-0.4, -0.2) is 29.8 Å². The monoisotopic (exact) mass is 377 g/mol. The number of hydrogen-bond donors (Lipinski definition) is 2. The summed E-state index contributed by atoms with van der Waals surface area (Å²) in [5, 5.41) is 6.54. The number of nitrogens with zero attached hydrogens (tertiary/aromatic N) is 1. The van der Waals surface area contributed by atoms with E-state index in [0.29, 0.717) is 19.5 Å². The number of carbonyl (C=O) groups excluding carboxylic acids is 2. The molecule has 5 heteroatoms. The fourth-order valence-corrected chi connectivity index (χ4v) is 4.24. The predicted octanol–water partition coefficient (Wildman–Crippen LogP) is 3.41. The maximum absolute atomic E-state index is 13.2. The van der Waals surface area contributed by atoms with Crippen LogP contribution in [0, 0.1) is 0 Å². The highest BCUT2D eigenvalue weighted by Gasteiger charge is 2.32. The van der Waals surface area contributed by atoms with Gasteiger partial charge in [-0.3, -0.25) is 9.59 Å². The molecule has 1 unspecified atom stereocenters. The molecule has 2 aromatic rings. The number of hydrogen-bond acceptors (Lipinski definition) is 3. The average Bonchev–Trinajstić information content (AvgIpc) is 2.74. The molecule has 1 atom stereocenters. The fraction of sp³-hybridized carbons (Fsp3) is 0.391. The molecule has 2 aromatic carbocycles. The second-order valence-electron chi connectivity index (χ2n) is 7.55. The number of rotatable bonds is 5. The maximum atomic E-state index is 13.2. The summed E-state index contributed by atoms with van der Waals surface area (Å²) in [5.41, 5.74) is 4.48. The van der Waals surface area contributed by atoms with E-state index in [4.69, 9.17) is 0 Å². The van der Waals surface area contributed by atoms with E-state index in [1.54, 1.807) is 4.90 Å². The van der Waals surface area contributed by atoms with Crippen molar-refractivity contribution in [2.45, 2.75) is 44.7 Å². The lowest BCUT2D eigenvalue weighted by Gasteiger charge is -2.34. The topological polar surface area (TPSA) is 61.4 Å². The van der Waals surface area contributed by atoms with Crippen LogP contribution in [0.25, 0.3) is 0 Å². The Kier molecular flexibility index (Phi) is 5.60. The molecule has 2 amide bonds. The molecule has 0 saturated carbocycles. The van der Waals surface area contributed by atoms with Crippen LogP contribution in [0.5, 0.6) is 0 Å². The largest absolute Gasteiger partial charge is 0.385 e. The van der Waals surface area contributed by atoms with Gasteiger partial charge in [-0.15, -0.1) is 0 Å². The molecule has 2 aliphatic heterocycles. The first-order valence-electron chi connectivity index (χ1n) is 10.2. The molecule has 1 fully saturated rings. The fourth-order valence-electron chi connectivity index (χ4n) is 4.24. The second kappa shape index (κ2) is 8.46. The number of likely N-dealkylation sites (tertiary alicyclic amines) is 1. The number of amides is 2. The van der Waals surface area contributed by atoms with Crippen molar-refractivity contribution in [3.05, 3.63) is 65.2 Å². The Morgan fingerprint density at radius 3 is 2.71 bits per heavy atom. The van der Waals surface area contributed by atoms with Crippen LogP contribution in [0.1, 0.15) is 48.4 Å². The Labute approximate surface area is 166 Å². The van der Waals surface area contributed by atoms with Gasteiger partial charge in [-0.1, -0.05) is 42.5 Å². The first-order chi connectivity index (χ1) is 13.7. The lowest BCUT2D eigenvalue weighted by Crippen LogP contribution is -2.45. The summed E-state index contributed by atoms with van der Waals surface area (Å²) in [4.78, 5) is 27.5. The zero-order valence-corrected chi connectivity index (χ0v) is 16.1. The Morgan fingerprint density at radius 2 is 1.89 bits per heavy atom. The van der Waals surface area contributed by atoms with Crippen molar-refractivity contribution in [2.75, 3.05) is 18.4 Å². The first-order valence-corrected chi connectivity index (χ1v) is 10.2. The van der Waals surface area contributed by atoms with E-state index in [1.165, 1.54) is 11.3 Å². The van der Waals surface area contributed by atoms with Gasteiger partial charge in [0.2, 0.25) is 11.8 Å². The summed E-state index contributed by atoms with van der Waals surface area (Å²) >= 11 is 0. The van der Waals surface area contributed by atoms with Gasteiger partial charge in [0, 0.05) is 31.7 Å². The van der Waals surface area contributed by atoms with Crippen LogP contribution in [0.15, 0.2) is 48.5 Å². The molecule has 0 radical (unpaired) electrons. The van der Waals surface area contributed by atoms with E-state index in [2.05, 4.69) is 22.8 Å². The third-order valence-electron chi connectivity index (χ3n) is 5.68. The van der Waals surface area contributed by atoms with Gasteiger partial charge in [-0.2, -0.15) is 0 Å². The van der Waals surface area contributed by atoms with Gasteiger partial charge in [-0.25, -0.2) is 0 Å². The maximum Gasteiger partial charge on any atom is 0.247 e. The summed E-state index contributed by atoms with van der Waals surface area (Å²) < 4.78 is 0. The van der Waals surface area contributed by atoms with Gasteiger partial charge in [0.25, 0.3) is 0 Å². The molecule has 4 rings (SSSR count). The normalized spacial score (nSPS) is 17.4. The van der Waals surface area contributed by atoms with Gasteiger partial charge in [0.15, 0.2) is 0 Å². The molecule has 0 aliphatic carbocycles. The standard InChI is InChI=1S/C23H27N3O2/c27-21-13-4-5-15-26(21)22(17-8-2-1-3-9-17)23(28)25-16-18-10-6-12-20-19(18)11-7-14-24-20/h1-3,6,8-10,12,22,24H,4-5,7,11,13-16H2,(H,25,28). The Hall–Kier alpha value is -2.82. The van der Waals surface area contributed by atoms with E-state index < -0.39 is 6.04 Å². The summed E-state index contributed by atoms with van der Waals surface area (Å²) in [5.74, 6) is -0.0423. The molecule has 28 heavy (non-hydrogen) atoms. The highest BCUT2D eigenvalue weighted by molar-refractivity contribution is 5.89. The van der Waals surface area contributed by atoms with Crippen LogP contribution in [0.2, 0.25) is 0 Å². The predicted molar refractivity (Wildman–Crippen MR) is 110 cm³/mol. The number of nitrogens with one attached hydrogen (secondary N) is 2. The molecule has 2 N–H and O–H groups in total. The molecule has 2 heterocycles. The van der Waals surface area contributed by atoms with E-state index in [0.717, 1.165) is 43.4 Å². The number of benzene rings is 2.